The summed E-state index contributed by atoms with van der Waals surface area (Å²) in [6.45, 7) is 6.03. The summed E-state index contributed by atoms with van der Waals surface area (Å²) in [6.07, 6.45) is 4.07. The Hall–Kier alpha value is -6.06. The number of halogens is 1. The Morgan fingerprint density at radius 3 is 2.37 bits per heavy atom. The van der Waals surface area contributed by atoms with Crippen LogP contribution in [0.4, 0.5) is 9.59 Å². The first kappa shape index (κ1) is 45.0. The van der Waals surface area contributed by atoms with E-state index in [1.54, 1.807) is 39.1 Å². The van der Waals surface area contributed by atoms with Gasteiger partial charge in [0.1, 0.15) is 35.5 Å². The van der Waals surface area contributed by atoms with Crippen molar-refractivity contribution in [2.24, 2.45) is 11.8 Å². The van der Waals surface area contributed by atoms with Gasteiger partial charge in [0.15, 0.2) is 0 Å². The van der Waals surface area contributed by atoms with Crippen LogP contribution in [0.5, 0.6) is 17.2 Å². The summed E-state index contributed by atoms with van der Waals surface area (Å²) in [5.74, 6) is -0.552. The number of nitrogens with one attached hydrogen (secondary N) is 2. The van der Waals surface area contributed by atoms with Crippen molar-refractivity contribution >= 4 is 56.5 Å². The molecule has 14 nitrogen and oxygen atoms in total. The highest BCUT2D eigenvalue weighted by Crippen LogP contribution is 2.38. The van der Waals surface area contributed by atoms with Gasteiger partial charge in [-0.25, -0.2) is 22.3 Å². The van der Waals surface area contributed by atoms with E-state index in [9.17, 15) is 27.6 Å². The number of rotatable bonds is 14. The molecule has 0 spiro atoms. The highest BCUT2D eigenvalue weighted by Gasteiger charge is 2.52. The molecule has 63 heavy (non-hydrogen) atoms. The molecule has 2 N–H and O–H groups in total. The van der Waals surface area contributed by atoms with Gasteiger partial charge in [-0.1, -0.05) is 66.6 Å². The number of carbonyl (C=O) groups excluding carboxylic acids is 4. The van der Waals surface area contributed by atoms with Crippen molar-refractivity contribution in [2.45, 2.75) is 76.0 Å². The maximum atomic E-state index is 14.9. The lowest BCUT2D eigenvalue weighted by atomic mass is 9.81. The van der Waals surface area contributed by atoms with E-state index in [1.165, 1.54) is 43.3 Å². The number of fused-ring (bicyclic) bond motifs is 1. The Balaban J connectivity index is 1.16. The van der Waals surface area contributed by atoms with Crippen molar-refractivity contribution in [2.75, 3.05) is 27.2 Å². The fourth-order valence-electron chi connectivity index (χ4n) is 8.10. The number of aromatic nitrogens is 1. The van der Waals surface area contributed by atoms with Crippen molar-refractivity contribution in [1.82, 2.24) is 24.4 Å². The SMILES string of the molecule is CN(C)C(=O)c1cc(S(=O)(=O)N2C(=O)N(C[C@@H]3CCC[C@H](CNC(=O)OC(C)(C)C)C3)C(=O)[C@@H]2Cc2c[nH]c3ccccc23)ccc1Oc1ccc(OCc2ccccc2)c(Cl)c1. The molecule has 5 amide bonds. The van der Waals surface area contributed by atoms with Gasteiger partial charge in [-0.3, -0.25) is 14.5 Å². The zero-order valence-electron chi connectivity index (χ0n) is 35.9. The Kier molecular flexibility index (Phi) is 13.4. The third kappa shape index (κ3) is 10.4. The van der Waals surface area contributed by atoms with Gasteiger partial charge in [0.2, 0.25) is 0 Å². The quantitative estimate of drug-likeness (QED) is 0.104. The fraction of sp³-hybridized carbons (Fsp3) is 0.362. The van der Waals surface area contributed by atoms with Crippen molar-refractivity contribution in [3.8, 4) is 17.2 Å². The van der Waals surface area contributed by atoms with Gasteiger partial charge in [-0.15, -0.1) is 0 Å². The molecule has 2 heterocycles. The first-order valence-electron chi connectivity index (χ1n) is 20.9. The van der Waals surface area contributed by atoms with E-state index in [1.807, 2.05) is 54.6 Å². The summed E-state index contributed by atoms with van der Waals surface area (Å²) in [5.41, 5.74) is 1.66. The predicted molar refractivity (Wildman–Crippen MR) is 238 cm³/mol. The van der Waals surface area contributed by atoms with Crippen LogP contribution < -0.4 is 14.8 Å². The third-order valence-electron chi connectivity index (χ3n) is 11.1. The summed E-state index contributed by atoms with van der Waals surface area (Å²) in [7, 11) is -1.74. The van der Waals surface area contributed by atoms with Crippen LogP contribution >= 0.6 is 11.6 Å². The van der Waals surface area contributed by atoms with Crippen molar-refractivity contribution in [3.05, 3.63) is 119 Å². The fourth-order valence-corrected chi connectivity index (χ4v) is 9.87. The Bertz CT molecular complexity index is 2610. The van der Waals surface area contributed by atoms with E-state index in [-0.39, 0.29) is 51.8 Å². The number of H-pyrrole nitrogens is 1. The lowest BCUT2D eigenvalue weighted by Crippen LogP contribution is -2.42. The Morgan fingerprint density at radius 2 is 1.63 bits per heavy atom. The number of urea groups is 1. The van der Waals surface area contributed by atoms with Crippen LogP contribution in [-0.2, 0) is 32.6 Å². The van der Waals surface area contributed by atoms with Gasteiger partial charge < -0.3 is 29.4 Å². The second kappa shape index (κ2) is 18.7. The maximum Gasteiger partial charge on any atom is 0.407 e. The first-order valence-corrected chi connectivity index (χ1v) is 22.7. The molecule has 0 bridgehead atoms. The van der Waals surface area contributed by atoms with Crippen LogP contribution in [0.3, 0.4) is 0 Å². The lowest BCUT2D eigenvalue weighted by molar-refractivity contribution is -0.128. The standard InChI is InChI=1S/C47H52ClN5O9S/c1-47(2,3)62-45(56)50-26-31-14-11-15-32(22-31)28-52-44(55)40(23-33-27-49-39-17-10-9-16-36(33)39)53(46(52)57)63(58,59)35-19-21-41(37(25-35)43(54)51(4)5)61-34-18-20-42(38(48)24-34)60-29-30-12-7-6-8-13-30/h6-10,12-13,16-21,24-25,27,31-32,40,49H,11,14-15,22-23,26,28-29H2,1-5H3,(H,50,56)/t31-,32+,40-/m0/s1. The molecule has 5 aromatic rings. The Morgan fingerprint density at radius 1 is 0.921 bits per heavy atom. The number of aromatic amines is 1. The van der Waals surface area contributed by atoms with E-state index < -0.39 is 45.6 Å². The molecule has 2 aliphatic rings. The molecule has 1 aliphatic heterocycles. The molecule has 0 unspecified atom stereocenters. The van der Waals surface area contributed by atoms with Crippen LogP contribution in [0.1, 0.15) is 67.9 Å². The van der Waals surface area contributed by atoms with E-state index in [0.717, 1.165) is 34.2 Å². The first-order chi connectivity index (χ1) is 30.0. The zero-order valence-corrected chi connectivity index (χ0v) is 37.5. The van der Waals surface area contributed by atoms with Gasteiger partial charge in [0.05, 0.1) is 15.5 Å². The number of para-hydroxylation sites is 1. The molecular weight excluding hydrogens is 846 g/mol. The predicted octanol–water partition coefficient (Wildman–Crippen LogP) is 8.79. The monoisotopic (exact) mass is 897 g/mol. The lowest BCUT2D eigenvalue weighted by Gasteiger charge is -2.31. The number of hydrogen-bond donors (Lipinski definition) is 2. The number of carbonyl (C=O) groups is 4. The van der Waals surface area contributed by atoms with Gasteiger partial charge >= 0.3 is 12.1 Å². The molecule has 1 aliphatic carbocycles. The molecule has 1 saturated heterocycles. The molecule has 4 aromatic carbocycles. The molecule has 332 valence electrons. The molecule has 1 aromatic heterocycles. The van der Waals surface area contributed by atoms with E-state index in [2.05, 4.69) is 10.3 Å². The molecule has 7 rings (SSSR count). The maximum absolute atomic E-state index is 14.9. The van der Waals surface area contributed by atoms with Crippen molar-refractivity contribution in [1.29, 1.82) is 0 Å². The number of ether oxygens (including phenoxy) is 3. The molecular formula is C47H52ClN5O9S. The topological polar surface area (TPSA) is 168 Å². The smallest absolute Gasteiger partial charge is 0.407 e. The van der Waals surface area contributed by atoms with E-state index in [0.29, 0.717) is 41.6 Å². The van der Waals surface area contributed by atoms with Crippen LogP contribution in [0, 0.1) is 11.8 Å². The second-order valence-electron chi connectivity index (χ2n) is 17.2. The highest BCUT2D eigenvalue weighted by molar-refractivity contribution is 7.89. The summed E-state index contributed by atoms with van der Waals surface area (Å²) in [6, 6.07) is 23.2. The van der Waals surface area contributed by atoms with Gasteiger partial charge in [0.25, 0.3) is 21.8 Å². The van der Waals surface area contributed by atoms with Crippen LogP contribution in [0.25, 0.3) is 10.9 Å². The number of hydrogen-bond acceptors (Lipinski definition) is 9. The molecule has 2 fully saturated rings. The highest BCUT2D eigenvalue weighted by atomic mass is 35.5. The normalized spacial score (nSPS) is 18.1. The van der Waals surface area contributed by atoms with Gasteiger partial charge in [-0.05, 0) is 99.4 Å². The number of amides is 5. The van der Waals surface area contributed by atoms with E-state index >= 15 is 0 Å². The number of alkyl carbamates (subject to hydrolysis) is 1. The van der Waals surface area contributed by atoms with Gasteiger partial charge in [-0.2, -0.15) is 0 Å². The molecule has 16 heteroatoms. The molecule has 0 radical (unpaired) electrons. The minimum Gasteiger partial charge on any atom is -0.487 e. The number of imide groups is 1. The zero-order chi connectivity index (χ0) is 45.1. The van der Waals surface area contributed by atoms with Crippen molar-refractivity contribution in [3.63, 3.8) is 0 Å². The Labute approximate surface area is 372 Å². The average molecular weight is 898 g/mol. The summed E-state index contributed by atoms with van der Waals surface area (Å²) in [4.78, 5) is 60.2. The molecule has 1 saturated carbocycles. The number of sulfonamides is 1. The minimum atomic E-state index is -4.77. The van der Waals surface area contributed by atoms with Crippen LogP contribution in [-0.4, -0.2) is 90.3 Å². The second-order valence-corrected chi connectivity index (χ2v) is 19.4. The van der Waals surface area contributed by atoms with Crippen LogP contribution in [0.15, 0.2) is 102 Å². The number of benzene rings is 4. The number of nitrogens with zero attached hydrogens (tertiary/aromatic N) is 3. The third-order valence-corrected chi connectivity index (χ3v) is 13.2. The summed E-state index contributed by atoms with van der Waals surface area (Å²) in [5, 5.41) is 3.88. The van der Waals surface area contributed by atoms with E-state index in [4.69, 9.17) is 25.8 Å². The molecule has 3 atom stereocenters. The summed E-state index contributed by atoms with van der Waals surface area (Å²) < 4.78 is 47.8. The average Bonchev–Trinajstić information content (AvgIpc) is 3.76. The van der Waals surface area contributed by atoms with Crippen molar-refractivity contribution < 1.29 is 41.8 Å². The summed E-state index contributed by atoms with van der Waals surface area (Å²) >= 11 is 6.57. The minimum absolute atomic E-state index is 0.00674. The largest absolute Gasteiger partial charge is 0.487 e. The van der Waals surface area contributed by atoms with Gasteiger partial charge in [0, 0.05) is 56.8 Å². The van der Waals surface area contributed by atoms with Crippen LogP contribution in [0.2, 0.25) is 5.02 Å².